The van der Waals surface area contributed by atoms with Gasteiger partial charge in [0.25, 0.3) is 0 Å². The van der Waals surface area contributed by atoms with E-state index >= 15 is 0 Å². The molecule has 90 valence electrons. The third-order valence-corrected chi connectivity index (χ3v) is 4.07. The Balaban J connectivity index is 2.63. The van der Waals surface area contributed by atoms with Crippen molar-refractivity contribution in [3.05, 3.63) is 0 Å². The highest BCUT2D eigenvalue weighted by atomic mass is 15.4. The van der Waals surface area contributed by atoms with Crippen LogP contribution >= 0.6 is 0 Å². The van der Waals surface area contributed by atoms with Crippen LogP contribution in [-0.2, 0) is 0 Å². The molecule has 1 heteroatoms. The molecule has 0 amide bonds. The predicted octanol–water partition coefficient (Wildman–Crippen LogP) is 3.83. The summed E-state index contributed by atoms with van der Waals surface area (Å²) in [6.07, 6.45) is 5.70. The van der Waals surface area contributed by atoms with Crippen molar-refractivity contribution in [3.63, 3.8) is 0 Å². The van der Waals surface area contributed by atoms with Crippen LogP contribution in [0.15, 0.2) is 0 Å². The van der Waals surface area contributed by atoms with Crippen LogP contribution in [0.2, 0.25) is 0 Å². The van der Waals surface area contributed by atoms with Crippen molar-refractivity contribution in [2.24, 2.45) is 5.92 Å². The van der Waals surface area contributed by atoms with Crippen LogP contribution in [0, 0.1) is 5.92 Å². The minimum atomic E-state index is 0.816. The Bertz CT molecular complexity index is 178. The Hall–Kier alpha value is -0.0400. The van der Waals surface area contributed by atoms with E-state index in [4.69, 9.17) is 0 Å². The van der Waals surface area contributed by atoms with Gasteiger partial charge in [-0.05, 0) is 32.6 Å². The van der Waals surface area contributed by atoms with Gasteiger partial charge in [0, 0.05) is 12.8 Å². The number of rotatable bonds is 7. The highest BCUT2D eigenvalue weighted by Crippen LogP contribution is 2.37. The molecule has 1 rings (SSSR count). The molecule has 1 fully saturated rings. The van der Waals surface area contributed by atoms with Gasteiger partial charge in [-0.25, -0.2) is 0 Å². The van der Waals surface area contributed by atoms with E-state index in [1.165, 1.54) is 43.3 Å². The first kappa shape index (κ1) is 13.0. The van der Waals surface area contributed by atoms with Gasteiger partial charge in [-0.15, -0.1) is 0 Å². The van der Waals surface area contributed by atoms with Gasteiger partial charge in [0.1, 0.15) is 0 Å². The van der Waals surface area contributed by atoms with Crippen LogP contribution in [0.1, 0.15) is 60.3 Å². The molecule has 1 saturated carbocycles. The molecular weight excluding hydrogens is 182 g/mol. The summed E-state index contributed by atoms with van der Waals surface area (Å²) in [6.45, 7) is 14.7. The van der Waals surface area contributed by atoms with Crippen molar-refractivity contribution < 1.29 is 4.48 Å². The van der Waals surface area contributed by atoms with E-state index < -0.39 is 0 Å². The fraction of sp³-hybridized carbons (Fsp3) is 1.00. The molecule has 0 spiro atoms. The maximum absolute atomic E-state index is 2.42. The lowest BCUT2D eigenvalue weighted by molar-refractivity contribution is -0.958. The standard InChI is InChI=1S/C14H30N/c1-6-10-15(13(4)5,14-7-8-14)11-9-12(2)3/h12-14H,6-11H2,1-5H3/q+1. The molecule has 1 unspecified atom stereocenters. The van der Waals surface area contributed by atoms with Crippen LogP contribution in [-0.4, -0.2) is 29.7 Å². The molecule has 0 saturated heterocycles. The van der Waals surface area contributed by atoms with Gasteiger partial charge in [0.05, 0.1) is 25.2 Å². The van der Waals surface area contributed by atoms with Crippen LogP contribution in [0.4, 0.5) is 0 Å². The second kappa shape index (κ2) is 5.34. The normalized spacial score (nSPS) is 21.0. The van der Waals surface area contributed by atoms with E-state index in [2.05, 4.69) is 34.6 Å². The van der Waals surface area contributed by atoms with Crippen LogP contribution < -0.4 is 0 Å². The maximum atomic E-state index is 2.42. The Morgan fingerprint density at radius 2 is 1.67 bits per heavy atom. The van der Waals surface area contributed by atoms with Crippen molar-refractivity contribution in [3.8, 4) is 0 Å². The van der Waals surface area contributed by atoms with E-state index in [0.717, 1.165) is 18.0 Å². The summed E-state index contributed by atoms with van der Waals surface area (Å²) in [6, 6.07) is 1.82. The molecule has 0 aromatic carbocycles. The highest BCUT2D eigenvalue weighted by molar-refractivity contribution is 4.77. The fourth-order valence-corrected chi connectivity index (χ4v) is 2.92. The average Bonchev–Trinajstić information content (AvgIpc) is 2.94. The minimum absolute atomic E-state index is 0.816. The van der Waals surface area contributed by atoms with Gasteiger partial charge < -0.3 is 4.48 Å². The SMILES string of the molecule is CCC[N+](CCC(C)C)(C(C)C)C1CC1. The summed E-state index contributed by atoms with van der Waals surface area (Å²) >= 11 is 0. The Morgan fingerprint density at radius 1 is 1.07 bits per heavy atom. The topological polar surface area (TPSA) is 0 Å². The van der Waals surface area contributed by atoms with Crippen molar-refractivity contribution in [2.75, 3.05) is 13.1 Å². The first-order valence-corrected chi connectivity index (χ1v) is 6.89. The molecule has 1 nitrogen and oxygen atoms in total. The van der Waals surface area contributed by atoms with Crippen LogP contribution in [0.25, 0.3) is 0 Å². The van der Waals surface area contributed by atoms with Gasteiger partial charge in [-0.3, -0.25) is 0 Å². The van der Waals surface area contributed by atoms with E-state index in [1.54, 1.807) is 0 Å². The summed E-state index contributed by atoms with van der Waals surface area (Å²) in [5.74, 6) is 0.858. The average molecular weight is 212 g/mol. The molecule has 0 aromatic heterocycles. The molecule has 0 heterocycles. The summed E-state index contributed by atoms with van der Waals surface area (Å²) < 4.78 is 1.41. The van der Waals surface area contributed by atoms with Gasteiger partial charge >= 0.3 is 0 Å². The smallest absolute Gasteiger partial charge is 0.0896 e. The number of nitrogens with zero attached hydrogens (tertiary/aromatic N) is 1. The lowest BCUT2D eigenvalue weighted by Gasteiger charge is -2.43. The number of quaternary nitrogens is 1. The molecule has 1 aliphatic rings. The minimum Gasteiger partial charge on any atom is -0.319 e. The van der Waals surface area contributed by atoms with Crippen LogP contribution in [0.5, 0.6) is 0 Å². The van der Waals surface area contributed by atoms with Crippen molar-refractivity contribution in [2.45, 2.75) is 72.4 Å². The zero-order chi connectivity index (χ0) is 11.5. The third-order valence-electron chi connectivity index (χ3n) is 4.07. The Kier molecular flexibility index (Phi) is 4.64. The largest absolute Gasteiger partial charge is 0.319 e. The van der Waals surface area contributed by atoms with Gasteiger partial charge in [0.2, 0.25) is 0 Å². The molecule has 0 N–H and O–H groups in total. The highest BCUT2D eigenvalue weighted by Gasteiger charge is 2.45. The second-order valence-corrected chi connectivity index (χ2v) is 6.06. The molecular formula is C14H30N+. The quantitative estimate of drug-likeness (QED) is 0.563. The van der Waals surface area contributed by atoms with Crippen LogP contribution in [0.3, 0.4) is 0 Å². The zero-order valence-corrected chi connectivity index (χ0v) is 11.4. The molecule has 0 aliphatic heterocycles. The van der Waals surface area contributed by atoms with E-state index in [9.17, 15) is 0 Å². The molecule has 0 radical (unpaired) electrons. The lowest BCUT2D eigenvalue weighted by Crippen LogP contribution is -2.56. The van der Waals surface area contributed by atoms with E-state index in [-0.39, 0.29) is 0 Å². The number of hydrogen-bond donors (Lipinski definition) is 0. The molecule has 1 atom stereocenters. The molecule has 15 heavy (non-hydrogen) atoms. The van der Waals surface area contributed by atoms with E-state index in [0.29, 0.717) is 0 Å². The second-order valence-electron chi connectivity index (χ2n) is 6.06. The van der Waals surface area contributed by atoms with Gasteiger partial charge in [-0.2, -0.15) is 0 Å². The Labute approximate surface area is 96.4 Å². The summed E-state index contributed by atoms with van der Waals surface area (Å²) in [5.41, 5.74) is 0. The summed E-state index contributed by atoms with van der Waals surface area (Å²) in [4.78, 5) is 0. The van der Waals surface area contributed by atoms with Crippen molar-refractivity contribution >= 4 is 0 Å². The number of hydrogen-bond acceptors (Lipinski definition) is 0. The van der Waals surface area contributed by atoms with Crippen molar-refractivity contribution in [1.82, 2.24) is 0 Å². The predicted molar refractivity (Wildman–Crippen MR) is 67.9 cm³/mol. The van der Waals surface area contributed by atoms with Gasteiger partial charge in [-0.1, -0.05) is 20.8 Å². The first-order valence-electron chi connectivity index (χ1n) is 6.89. The van der Waals surface area contributed by atoms with E-state index in [1.807, 2.05) is 0 Å². The molecule has 0 aromatic rings. The van der Waals surface area contributed by atoms with Gasteiger partial charge in [0.15, 0.2) is 0 Å². The maximum Gasteiger partial charge on any atom is 0.0896 e. The summed E-state index contributed by atoms with van der Waals surface area (Å²) in [5, 5.41) is 0. The third kappa shape index (κ3) is 3.21. The lowest BCUT2D eigenvalue weighted by atomic mass is 10.1. The summed E-state index contributed by atoms with van der Waals surface area (Å²) in [7, 11) is 0. The Morgan fingerprint density at radius 3 is 2.00 bits per heavy atom. The van der Waals surface area contributed by atoms with Crippen molar-refractivity contribution in [1.29, 1.82) is 0 Å². The monoisotopic (exact) mass is 212 g/mol. The zero-order valence-electron chi connectivity index (χ0n) is 11.4. The first-order chi connectivity index (χ1) is 7.03. The molecule has 1 aliphatic carbocycles. The molecule has 0 bridgehead atoms. The fourth-order valence-electron chi connectivity index (χ4n) is 2.92.